The van der Waals surface area contributed by atoms with Crippen LogP contribution in [0.5, 0.6) is 0 Å². The van der Waals surface area contributed by atoms with E-state index < -0.39 is 17.2 Å². The van der Waals surface area contributed by atoms with Crippen molar-refractivity contribution in [3.63, 3.8) is 0 Å². The highest BCUT2D eigenvalue weighted by atomic mass is 19.1. The van der Waals surface area contributed by atoms with Crippen LogP contribution in [0.25, 0.3) is 0 Å². The zero-order valence-electron chi connectivity index (χ0n) is 9.10. The summed E-state index contributed by atoms with van der Waals surface area (Å²) in [6, 6.07) is 3.71. The number of rotatable bonds is 1. The van der Waals surface area contributed by atoms with Crippen molar-refractivity contribution in [1.82, 2.24) is 0 Å². The Labute approximate surface area is 93.6 Å². The summed E-state index contributed by atoms with van der Waals surface area (Å²) >= 11 is 0. The molecule has 86 valence electrons. The standard InChI is InChI=1S/C13H15F2N/c14-9-2-3-10(11(15)6-9)13(16)7-12(8-13)4-1-5-12/h2-3,6H,1,4-5,7-8,16H2. The number of benzene rings is 1. The second-order valence-electron chi connectivity index (χ2n) is 5.49. The summed E-state index contributed by atoms with van der Waals surface area (Å²) in [6.45, 7) is 0. The van der Waals surface area contributed by atoms with Crippen LogP contribution in [-0.2, 0) is 5.54 Å². The minimum absolute atomic E-state index is 0.385. The maximum atomic E-state index is 13.6. The Hall–Kier alpha value is -0.960. The molecule has 16 heavy (non-hydrogen) atoms. The third-order valence-electron chi connectivity index (χ3n) is 4.26. The van der Waals surface area contributed by atoms with E-state index in [1.165, 1.54) is 31.4 Å². The fraction of sp³-hybridized carbons (Fsp3) is 0.538. The topological polar surface area (TPSA) is 26.0 Å². The van der Waals surface area contributed by atoms with Crippen LogP contribution in [0.4, 0.5) is 8.78 Å². The Balaban J connectivity index is 1.87. The summed E-state index contributed by atoms with van der Waals surface area (Å²) in [7, 11) is 0. The van der Waals surface area contributed by atoms with Gasteiger partial charge in [0, 0.05) is 17.2 Å². The molecule has 3 heteroatoms. The molecular formula is C13H15F2N. The van der Waals surface area contributed by atoms with E-state index in [0.717, 1.165) is 18.9 Å². The summed E-state index contributed by atoms with van der Waals surface area (Å²) in [5.41, 5.74) is 6.50. The van der Waals surface area contributed by atoms with Gasteiger partial charge in [0.1, 0.15) is 11.6 Å². The van der Waals surface area contributed by atoms with E-state index in [2.05, 4.69) is 0 Å². The SMILES string of the molecule is NC1(c2ccc(F)cc2F)CC2(CCC2)C1. The van der Waals surface area contributed by atoms with Crippen LogP contribution < -0.4 is 5.73 Å². The lowest BCUT2D eigenvalue weighted by Crippen LogP contribution is -2.58. The molecule has 0 saturated heterocycles. The van der Waals surface area contributed by atoms with Crippen LogP contribution in [-0.4, -0.2) is 0 Å². The maximum absolute atomic E-state index is 13.6. The summed E-state index contributed by atoms with van der Waals surface area (Å²) in [5.74, 6) is -1.04. The van der Waals surface area contributed by atoms with E-state index in [-0.39, 0.29) is 0 Å². The molecule has 3 rings (SSSR count). The van der Waals surface area contributed by atoms with Gasteiger partial charge in [-0.2, -0.15) is 0 Å². The van der Waals surface area contributed by atoms with Gasteiger partial charge in [-0.05, 0) is 37.2 Å². The highest BCUT2D eigenvalue weighted by molar-refractivity contribution is 5.31. The van der Waals surface area contributed by atoms with Crippen LogP contribution in [0, 0.1) is 17.0 Å². The van der Waals surface area contributed by atoms with Gasteiger partial charge in [-0.25, -0.2) is 8.78 Å². The van der Waals surface area contributed by atoms with E-state index in [0.29, 0.717) is 11.0 Å². The fourth-order valence-electron chi connectivity index (χ4n) is 3.40. The predicted molar refractivity (Wildman–Crippen MR) is 57.7 cm³/mol. The maximum Gasteiger partial charge on any atom is 0.131 e. The molecule has 2 fully saturated rings. The van der Waals surface area contributed by atoms with Gasteiger partial charge in [0.05, 0.1) is 0 Å². The molecule has 2 N–H and O–H groups in total. The third kappa shape index (κ3) is 1.31. The van der Waals surface area contributed by atoms with Gasteiger partial charge in [-0.3, -0.25) is 0 Å². The van der Waals surface area contributed by atoms with E-state index in [9.17, 15) is 8.78 Å². The molecule has 0 aromatic heterocycles. The summed E-state index contributed by atoms with van der Waals surface area (Å²) in [4.78, 5) is 0. The lowest BCUT2D eigenvalue weighted by atomic mass is 9.47. The molecule has 2 aliphatic rings. The van der Waals surface area contributed by atoms with Crippen molar-refractivity contribution in [3.05, 3.63) is 35.4 Å². The van der Waals surface area contributed by atoms with Gasteiger partial charge >= 0.3 is 0 Å². The summed E-state index contributed by atoms with van der Waals surface area (Å²) < 4.78 is 26.4. The van der Waals surface area contributed by atoms with E-state index in [4.69, 9.17) is 5.73 Å². The first-order valence-corrected chi connectivity index (χ1v) is 5.78. The Morgan fingerprint density at radius 1 is 1.12 bits per heavy atom. The normalized spacial score (nSPS) is 24.9. The smallest absolute Gasteiger partial charge is 0.131 e. The molecule has 2 saturated carbocycles. The first-order valence-electron chi connectivity index (χ1n) is 5.78. The van der Waals surface area contributed by atoms with Crippen LogP contribution in [0.2, 0.25) is 0 Å². The molecule has 1 aromatic carbocycles. The molecule has 0 unspecified atom stereocenters. The number of hydrogen-bond donors (Lipinski definition) is 1. The first-order chi connectivity index (χ1) is 7.53. The molecule has 0 amide bonds. The second-order valence-corrected chi connectivity index (χ2v) is 5.49. The van der Waals surface area contributed by atoms with Gasteiger partial charge in [0.15, 0.2) is 0 Å². The highest BCUT2D eigenvalue weighted by Gasteiger charge is 2.56. The van der Waals surface area contributed by atoms with Crippen LogP contribution in [0.15, 0.2) is 18.2 Å². The summed E-state index contributed by atoms with van der Waals surface area (Å²) in [6.07, 6.45) is 5.40. The molecule has 1 aromatic rings. The minimum Gasteiger partial charge on any atom is -0.321 e. The average Bonchev–Trinajstić information content (AvgIpc) is 2.10. The number of halogens is 2. The molecule has 0 heterocycles. The Bertz CT molecular complexity index is 430. The van der Waals surface area contributed by atoms with Crippen molar-refractivity contribution in [1.29, 1.82) is 0 Å². The zero-order chi connectivity index (χ0) is 11.4. The number of nitrogens with two attached hydrogens (primary N) is 1. The molecule has 1 nitrogen and oxygen atoms in total. The van der Waals surface area contributed by atoms with E-state index in [1.54, 1.807) is 0 Å². The second kappa shape index (κ2) is 3.04. The monoisotopic (exact) mass is 223 g/mol. The molecule has 0 radical (unpaired) electrons. The molecule has 0 atom stereocenters. The van der Waals surface area contributed by atoms with Crippen molar-refractivity contribution in [3.8, 4) is 0 Å². The van der Waals surface area contributed by atoms with Crippen LogP contribution in [0.3, 0.4) is 0 Å². The van der Waals surface area contributed by atoms with Gasteiger partial charge in [0.2, 0.25) is 0 Å². The Morgan fingerprint density at radius 2 is 1.81 bits per heavy atom. The highest BCUT2D eigenvalue weighted by Crippen LogP contribution is 2.62. The Kier molecular flexibility index (Phi) is 1.94. The van der Waals surface area contributed by atoms with Gasteiger partial charge < -0.3 is 5.73 Å². The lowest BCUT2D eigenvalue weighted by Gasteiger charge is -2.60. The molecule has 1 spiro atoms. The van der Waals surface area contributed by atoms with E-state index in [1.807, 2.05) is 0 Å². The Morgan fingerprint density at radius 3 is 2.31 bits per heavy atom. The van der Waals surface area contributed by atoms with E-state index >= 15 is 0 Å². The van der Waals surface area contributed by atoms with Crippen LogP contribution >= 0.6 is 0 Å². The van der Waals surface area contributed by atoms with Crippen LogP contribution in [0.1, 0.15) is 37.7 Å². The number of hydrogen-bond acceptors (Lipinski definition) is 1. The first kappa shape index (κ1) is 10.2. The largest absolute Gasteiger partial charge is 0.321 e. The zero-order valence-corrected chi connectivity index (χ0v) is 9.10. The molecular weight excluding hydrogens is 208 g/mol. The lowest BCUT2D eigenvalue weighted by molar-refractivity contribution is -0.0476. The fourth-order valence-corrected chi connectivity index (χ4v) is 3.40. The molecule has 2 aliphatic carbocycles. The van der Waals surface area contributed by atoms with Crippen molar-refractivity contribution in [2.24, 2.45) is 11.1 Å². The quantitative estimate of drug-likeness (QED) is 0.778. The summed E-state index contributed by atoms with van der Waals surface area (Å²) in [5, 5.41) is 0. The van der Waals surface area contributed by atoms with Crippen molar-refractivity contribution in [2.75, 3.05) is 0 Å². The third-order valence-corrected chi connectivity index (χ3v) is 4.26. The van der Waals surface area contributed by atoms with Gasteiger partial charge in [0.25, 0.3) is 0 Å². The molecule has 0 aliphatic heterocycles. The van der Waals surface area contributed by atoms with Gasteiger partial charge in [-0.1, -0.05) is 12.5 Å². The van der Waals surface area contributed by atoms with Crippen molar-refractivity contribution in [2.45, 2.75) is 37.6 Å². The molecule has 0 bridgehead atoms. The predicted octanol–water partition coefficient (Wildman–Crippen LogP) is 3.08. The van der Waals surface area contributed by atoms with Crippen molar-refractivity contribution < 1.29 is 8.78 Å². The van der Waals surface area contributed by atoms with Crippen molar-refractivity contribution >= 4 is 0 Å². The minimum atomic E-state index is -0.557. The van der Waals surface area contributed by atoms with Gasteiger partial charge in [-0.15, -0.1) is 0 Å². The average molecular weight is 223 g/mol.